The molecule has 1 heterocycles. The minimum atomic E-state index is 0.504. The number of nitrogens with zero attached hydrogens (tertiary/aromatic N) is 2. The van der Waals surface area contributed by atoms with Gasteiger partial charge >= 0.3 is 0 Å². The van der Waals surface area contributed by atoms with Crippen LogP contribution in [0.5, 0.6) is 0 Å². The summed E-state index contributed by atoms with van der Waals surface area (Å²) in [5, 5.41) is 0. The van der Waals surface area contributed by atoms with Crippen LogP contribution in [0.4, 0.5) is 0 Å². The second-order valence-electron chi connectivity index (χ2n) is 9.89. The topological polar surface area (TPSA) is 6.48 Å². The third-order valence-electron chi connectivity index (χ3n) is 6.98. The molecule has 0 saturated heterocycles. The van der Waals surface area contributed by atoms with Crippen molar-refractivity contribution in [2.75, 3.05) is 13.1 Å². The van der Waals surface area contributed by atoms with Gasteiger partial charge in [-0.05, 0) is 18.4 Å². The molecule has 1 aromatic rings. The second kappa shape index (κ2) is 18.0. The molecule has 0 radical (unpaired) electrons. The molecule has 0 fully saturated rings. The molecule has 2 rings (SSSR count). The van der Waals surface area contributed by atoms with E-state index in [2.05, 4.69) is 66.4 Å². The van der Waals surface area contributed by atoms with Crippen molar-refractivity contribution in [3.05, 3.63) is 48.3 Å². The lowest BCUT2D eigenvalue weighted by atomic mass is 10.0. The molecular formula is C30H52N2. The van der Waals surface area contributed by atoms with Crippen LogP contribution in [0.1, 0.15) is 122 Å². The molecule has 32 heavy (non-hydrogen) atoms. The molecule has 0 aliphatic carbocycles. The van der Waals surface area contributed by atoms with Crippen LogP contribution in [0, 0.1) is 0 Å². The van der Waals surface area contributed by atoms with Gasteiger partial charge in [0.25, 0.3) is 0 Å². The van der Waals surface area contributed by atoms with Crippen LogP contribution in [-0.4, -0.2) is 29.1 Å². The van der Waals surface area contributed by atoms with E-state index in [4.69, 9.17) is 0 Å². The van der Waals surface area contributed by atoms with Crippen LogP contribution in [0.2, 0.25) is 0 Å². The van der Waals surface area contributed by atoms with E-state index >= 15 is 0 Å². The summed E-state index contributed by atoms with van der Waals surface area (Å²) < 4.78 is 0. The summed E-state index contributed by atoms with van der Waals surface area (Å²) in [6.07, 6.45) is 29.0. The molecule has 0 bridgehead atoms. The fraction of sp³-hybridized carbons (Fsp3) is 0.733. The summed E-state index contributed by atoms with van der Waals surface area (Å²) in [4.78, 5) is 5.13. The largest absolute Gasteiger partial charge is 0.356 e. The van der Waals surface area contributed by atoms with Gasteiger partial charge in [0, 0.05) is 31.9 Å². The van der Waals surface area contributed by atoms with Gasteiger partial charge in [-0.25, -0.2) is 0 Å². The molecule has 1 aliphatic heterocycles. The van der Waals surface area contributed by atoms with Crippen molar-refractivity contribution >= 4 is 0 Å². The van der Waals surface area contributed by atoms with Gasteiger partial charge in [-0.15, -0.1) is 0 Å². The third kappa shape index (κ3) is 11.4. The van der Waals surface area contributed by atoms with Crippen LogP contribution >= 0.6 is 0 Å². The van der Waals surface area contributed by atoms with Gasteiger partial charge in [-0.2, -0.15) is 0 Å². The van der Waals surface area contributed by atoms with E-state index in [-0.39, 0.29) is 0 Å². The second-order valence-corrected chi connectivity index (χ2v) is 9.89. The van der Waals surface area contributed by atoms with Gasteiger partial charge in [-0.3, -0.25) is 0 Å². The van der Waals surface area contributed by atoms with Crippen molar-refractivity contribution in [3.63, 3.8) is 0 Å². The minimum Gasteiger partial charge on any atom is -0.356 e. The molecule has 1 aromatic carbocycles. The first-order chi connectivity index (χ1) is 15.8. The number of benzene rings is 1. The van der Waals surface area contributed by atoms with Crippen LogP contribution < -0.4 is 0 Å². The Kier molecular flexibility index (Phi) is 15.1. The lowest BCUT2D eigenvalue weighted by Gasteiger charge is -2.33. The summed E-state index contributed by atoms with van der Waals surface area (Å²) >= 11 is 0. The first-order valence-corrected chi connectivity index (χ1v) is 14.1. The Bertz CT molecular complexity index is 567. The van der Waals surface area contributed by atoms with Gasteiger partial charge in [0.1, 0.15) is 6.17 Å². The first kappa shape index (κ1) is 26.8. The SMILES string of the molecule is CCCCCCCCCCCCCCCCCN1C=CN(CCC)C1Cc1ccccc1. The average molecular weight is 441 g/mol. The fourth-order valence-corrected chi connectivity index (χ4v) is 4.99. The molecule has 0 saturated carbocycles. The molecule has 0 aromatic heterocycles. The summed E-state index contributed by atoms with van der Waals surface area (Å²) in [7, 11) is 0. The van der Waals surface area contributed by atoms with Crippen molar-refractivity contribution in [2.45, 2.75) is 129 Å². The highest BCUT2D eigenvalue weighted by molar-refractivity contribution is 5.17. The van der Waals surface area contributed by atoms with Crippen molar-refractivity contribution in [1.82, 2.24) is 9.80 Å². The van der Waals surface area contributed by atoms with Crippen molar-refractivity contribution < 1.29 is 0 Å². The minimum absolute atomic E-state index is 0.504. The Hall–Kier alpha value is -1.44. The number of hydrogen-bond donors (Lipinski definition) is 0. The maximum Gasteiger partial charge on any atom is 0.105 e. The van der Waals surface area contributed by atoms with Crippen molar-refractivity contribution in [2.24, 2.45) is 0 Å². The van der Waals surface area contributed by atoms with Crippen molar-refractivity contribution in [1.29, 1.82) is 0 Å². The summed E-state index contributed by atoms with van der Waals surface area (Å²) in [5.41, 5.74) is 1.45. The summed E-state index contributed by atoms with van der Waals surface area (Å²) in [5.74, 6) is 0. The molecule has 182 valence electrons. The zero-order chi connectivity index (χ0) is 22.7. The Morgan fingerprint density at radius 3 is 1.50 bits per heavy atom. The van der Waals surface area contributed by atoms with Crippen LogP contribution in [0.3, 0.4) is 0 Å². The van der Waals surface area contributed by atoms with Crippen LogP contribution in [0.15, 0.2) is 42.7 Å². The van der Waals surface area contributed by atoms with Gasteiger partial charge in [0.15, 0.2) is 0 Å². The van der Waals surface area contributed by atoms with Crippen LogP contribution in [-0.2, 0) is 6.42 Å². The molecule has 1 unspecified atom stereocenters. The number of unbranched alkanes of at least 4 members (excludes halogenated alkanes) is 14. The number of hydrogen-bond acceptors (Lipinski definition) is 2. The maximum absolute atomic E-state index is 2.59. The standard InChI is InChI=1S/C30H52N2/c1-3-5-6-7-8-9-10-11-12-13-14-15-16-17-21-25-32-27-26-31(24-4-2)30(32)28-29-22-19-18-20-23-29/h18-20,22-23,26-27,30H,3-17,21,24-25,28H2,1-2H3. The normalized spacial score (nSPS) is 15.8. The average Bonchev–Trinajstić information content (AvgIpc) is 3.18. The van der Waals surface area contributed by atoms with Crippen molar-refractivity contribution in [3.8, 4) is 0 Å². The highest BCUT2D eigenvalue weighted by Crippen LogP contribution is 2.21. The van der Waals surface area contributed by atoms with E-state index in [0.717, 1.165) is 13.0 Å². The summed E-state index contributed by atoms with van der Waals surface area (Å²) in [6, 6.07) is 11.0. The lowest BCUT2D eigenvalue weighted by molar-refractivity contribution is 0.150. The Morgan fingerprint density at radius 1 is 0.531 bits per heavy atom. The van der Waals surface area contributed by atoms with Gasteiger partial charge < -0.3 is 9.80 Å². The molecule has 1 aliphatic rings. The number of rotatable bonds is 20. The fourth-order valence-electron chi connectivity index (χ4n) is 4.99. The molecule has 0 spiro atoms. The maximum atomic E-state index is 2.59. The van der Waals surface area contributed by atoms with E-state index in [1.807, 2.05) is 0 Å². The third-order valence-corrected chi connectivity index (χ3v) is 6.98. The molecule has 0 amide bonds. The van der Waals surface area contributed by atoms with E-state index < -0.39 is 0 Å². The highest BCUT2D eigenvalue weighted by Gasteiger charge is 2.25. The van der Waals surface area contributed by atoms with E-state index in [9.17, 15) is 0 Å². The quantitative estimate of drug-likeness (QED) is 0.187. The Labute approximate surface area is 200 Å². The van der Waals surface area contributed by atoms with E-state index in [0.29, 0.717) is 6.17 Å². The zero-order valence-corrected chi connectivity index (χ0v) is 21.4. The van der Waals surface area contributed by atoms with Gasteiger partial charge in [0.2, 0.25) is 0 Å². The van der Waals surface area contributed by atoms with Gasteiger partial charge in [0.05, 0.1) is 0 Å². The van der Waals surface area contributed by atoms with E-state index in [1.165, 1.54) is 115 Å². The van der Waals surface area contributed by atoms with E-state index in [1.54, 1.807) is 0 Å². The van der Waals surface area contributed by atoms with Crippen LogP contribution in [0.25, 0.3) is 0 Å². The Balaban J connectivity index is 1.48. The lowest BCUT2D eigenvalue weighted by Crippen LogP contribution is -2.41. The monoisotopic (exact) mass is 440 g/mol. The molecule has 0 N–H and O–H groups in total. The molecule has 2 nitrogen and oxygen atoms in total. The molecule has 2 heteroatoms. The molecular weight excluding hydrogens is 388 g/mol. The molecule has 1 atom stereocenters. The summed E-state index contributed by atoms with van der Waals surface area (Å²) in [6.45, 7) is 6.94. The first-order valence-electron chi connectivity index (χ1n) is 14.1. The van der Waals surface area contributed by atoms with Gasteiger partial charge in [-0.1, -0.05) is 134 Å². The smallest absolute Gasteiger partial charge is 0.105 e. The Morgan fingerprint density at radius 2 is 1.00 bits per heavy atom. The highest BCUT2D eigenvalue weighted by atomic mass is 15.4. The predicted octanol–water partition coefficient (Wildman–Crippen LogP) is 8.93. The predicted molar refractivity (Wildman–Crippen MR) is 142 cm³/mol. The zero-order valence-electron chi connectivity index (χ0n) is 21.4.